The molecule has 0 radical (unpaired) electrons. The van der Waals surface area contributed by atoms with Crippen LogP contribution >= 0.6 is 0 Å². The first-order chi connectivity index (χ1) is 7.53. The van der Waals surface area contributed by atoms with Gasteiger partial charge in [0.2, 0.25) is 5.91 Å². The lowest BCUT2D eigenvalue weighted by molar-refractivity contribution is -0.122. The van der Waals surface area contributed by atoms with Gasteiger partial charge in [-0.3, -0.25) is 4.79 Å². The van der Waals surface area contributed by atoms with Crippen molar-refractivity contribution in [3.8, 4) is 0 Å². The molecular weight excluding hydrogens is 200 g/mol. The van der Waals surface area contributed by atoms with Crippen molar-refractivity contribution in [2.24, 2.45) is 11.3 Å². The van der Waals surface area contributed by atoms with Crippen LogP contribution in [0.2, 0.25) is 0 Å². The summed E-state index contributed by atoms with van der Waals surface area (Å²) in [4.78, 5) is 11.7. The monoisotopic (exact) mass is 226 g/mol. The van der Waals surface area contributed by atoms with Gasteiger partial charge in [-0.15, -0.1) is 0 Å². The minimum Gasteiger partial charge on any atom is -0.356 e. The number of hydrogen-bond acceptors (Lipinski definition) is 2. The molecule has 1 aliphatic heterocycles. The van der Waals surface area contributed by atoms with Gasteiger partial charge in [0.25, 0.3) is 0 Å². The quantitative estimate of drug-likeness (QED) is 0.752. The van der Waals surface area contributed by atoms with Crippen molar-refractivity contribution in [3.05, 3.63) is 0 Å². The molecule has 0 aromatic carbocycles. The molecule has 0 aromatic rings. The highest BCUT2D eigenvalue weighted by Gasteiger charge is 2.19. The Morgan fingerprint density at radius 1 is 1.50 bits per heavy atom. The van der Waals surface area contributed by atoms with Crippen LogP contribution in [0.15, 0.2) is 0 Å². The van der Waals surface area contributed by atoms with E-state index < -0.39 is 0 Å². The van der Waals surface area contributed by atoms with Crippen LogP contribution in [0.5, 0.6) is 0 Å². The summed E-state index contributed by atoms with van der Waals surface area (Å²) in [6.45, 7) is 9.45. The topological polar surface area (TPSA) is 41.1 Å². The molecule has 94 valence electrons. The summed E-state index contributed by atoms with van der Waals surface area (Å²) in [5.74, 6) is 0.758. The number of piperidine rings is 1. The summed E-state index contributed by atoms with van der Waals surface area (Å²) in [7, 11) is 0. The van der Waals surface area contributed by atoms with Gasteiger partial charge in [-0.1, -0.05) is 20.8 Å². The highest BCUT2D eigenvalue weighted by molar-refractivity contribution is 5.76. The van der Waals surface area contributed by atoms with Crippen LogP contribution in [-0.4, -0.2) is 25.5 Å². The van der Waals surface area contributed by atoms with Crippen LogP contribution in [0.4, 0.5) is 0 Å². The van der Waals surface area contributed by atoms with E-state index >= 15 is 0 Å². The largest absolute Gasteiger partial charge is 0.356 e. The van der Waals surface area contributed by atoms with Crippen molar-refractivity contribution in [1.82, 2.24) is 10.6 Å². The maximum absolute atomic E-state index is 11.7. The zero-order valence-electron chi connectivity index (χ0n) is 10.9. The van der Waals surface area contributed by atoms with Gasteiger partial charge in [0, 0.05) is 13.0 Å². The first-order valence-electron chi connectivity index (χ1n) is 6.51. The second-order valence-corrected chi connectivity index (χ2v) is 5.71. The molecule has 1 atom stereocenters. The van der Waals surface area contributed by atoms with E-state index in [1.54, 1.807) is 0 Å². The van der Waals surface area contributed by atoms with Gasteiger partial charge >= 0.3 is 0 Å². The van der Waals surface area contributed by atoms with Gasteiger partial charge in [0.15, 0.2) is 0 Å². The molecule has 0 spiro atoms. The Kier molecular flexibility index (Phi) is 5.26. The predicted molar refractivity (Wildman–Crippen MR) is 67.3 cm³/mol. The average Bonchev–Trinajstić information content (AvgIpc) is 2.28. The van der Waals surface area contributed by atoms with Crippen molar-refractivity contribution >= 4 is 5.91 Å². The molecule has 1 unspecified atom stereocenters. The SMILES string of the molecule is CCC(C)(C)CNC(=O)CC1CCCNC1. The summed E-state index contributed by atoms with van der Waals surface area (Å²) >= 11 is 0. The Morgan fingerprint density at radius 2 is 2.25 bits per heavy atom. The minimum atomic E-state index is 0.218. The van der Waals surface area contributed by atoms with Crippen LogP contribution in [0.3, 0.4) is 0 Å². The molecule has 1 fully saturated rings. The molecule has 3 heteroatoms. The van der Waals surface area contributed by atoms with E-state index in [1.165, 1.54) is 12.8 Å². The first kappa shape index (κ1) is 13.5. The molecular formula is C13H26N2O. The van der Waals surface area contributed by atoms with Crippen LogP contribution in [0.1, 0.15) is 46.5 Å². The highest BCUT2D eigenvalue weighted by atomic mass is 16.1. The fraction of sp³-hybridized carbons (Fsp3) is 0.923. The predicted octanol–water partition coefficient (Wildman–Crippen LogP) is 1.93. The molecule has 1 rings (SSSR count). The van der Waals surface area contributed by atoms with Crippen LogP contribution in [0.25, 0.3) is 0 Å². The lowest BCUT2D eigenvalue weighted by Gasteiger charge is -2.25. The summed E-state index contributed by atoms with van der Waals surface area (Å²) < 4.78 is 0. The zero-order chi connectivity index (χ0) is 12.0. The molecule has 2 N–H and O–H groups in total. The summed E-state index contributed by atoms with van der Waals surface area (Å²) in [6, 6.07) is 0. The van der Waals surface area contributed by atoms with E-state index in [-0.39, 0.29) is 11.3 Å². The van der Waals surface area contributed by atoms with Crippen molar-refractivity contribution in [2.45, 2.75) is 46.5 Å². The summed E-state index contributed by atoms with van der Waals surface area (Å²) in [6.07, 6.45) is 4.18. The lowest BCUT2D eigenvalue weighted by atomic mass is 9.90. The van der Waals surface area contributed by atoms with Crippen LogP contribution in [-0.2, 0) is 4.79 Å². The maximum atomic E-state index is 11.7. The molecule has 1 saturated heterocycles. The van der Waals surface area contributed by atoms with Crippen molar-refractivity contribution in [2.75, 3.05) is 19.6 Å². The van der Waals surface area contributed by atoms with Crippen LogP contribution in [0, 0.1) is 11.3 Å². The molecule has 0 bridgehead atoms. The average molecular weight is 226 g/mol. The van der Waals surface area contributed by atoms with Gasteiger partial charge in [0.1, 0.15) is 0 Å². The Bertz CT molecular complexity index is 220. The third-order valence-corrected chi connectivity index (χ3v) is 3.59. The number of nitrogens with one attached hydrogen (secondary N) is 2. The van der Waals surface area contributed by atoms with Gasteiger partial charge in [-0.25, -0.2) is 0 Å². The number of carbonyl (C=O) groups excluding carboxylic acids is 1. The van der Waals surface area contributed by atoms with Gasteiger partial charge in [-0.2, -0.15) is 0 Å². The molecule has 3 nitrogen and oxygen atoms in total. The van der Waals surface area contributed by atoms with Gasteiger partial charge < -0.3 is 10.6 Å². The minimum absolute atomic E-state index is 0.218. The number of carbonyl (C=O) groups is 1. The maximum Gasteiger partial charge on any atom is 0.220 e. The molecule has 0 aliphatic carbocycles. The van der Waals surface area contributed by atoms with Gasteiger partial charge in [-0.05, 0) is 43.7 Å². The lowest BCUT2D eigenvalue weighted by Crippen LogP contribution is -2.37. The second-order valence-electron chi connectivity index (χ2n) is 5.71. The smallest absolute Gasteiger partial charge is 0.220 e. The Labute approximate surface area is 99.4 Å². The van der Waals surface area contributed by atoms with Gasteiger partial charge in [0.05, 0.1) is 0 Å². The zero-order valence-corrected chi connectivity index (χ0v) is 10.9. The molecule has 1 aliphatic rings. The third kappa shape index (κ3) is 4.97. The second kappa shape index (κ2) is 6.24. The number of hydrogen-bond donors (Lipinski definition) is 2. The molecule has 1 heterocycles. The number of rotatable bonds is 5. The highest BCUT2D eigenvalue weighted by Crippen LogP contribution is 2.18. The van der Waals surface area contributed by atoms with E-state index in [2.05, 4.69) is 31.4 Å². The Morgan fingerprint density at radius 3 is 2.81 bits per heavy atom. The Hall–Kier alpha value is -0.570. The molecule has 16 heavy (non-hydrogen) atoms. The van der Waals surface area contributed by atoms with E-state index in [4.69, 9.17) is 0 Å². The van der Waals surface area contributed by atoms with Crippen molar-refractivity contribution < 1.29 is 4.79 Å². The molecule has 1 amide bonds. The fourth-order valence-corrected chi connectivity index (χ4v) is 1.90. The van der Waals surface area contributed by atoms with E-state index in [0.717, 1.165) is 26.1 Å². The first-order valence-corrected chi connectivity index (χ1v) is 6.51. The van der Waals surface area contributed by atoms with E-state index in [0.29, 0.717) is 12.3 Å². The summed E-state index contributed by atoms with van der Waals surface area (Å²) in [5.41, 5.74) is 0.223. The Balaban J connectivity index is 2.19. The van der Waals surface area contributed by atoms with E-state index in [1.807, 2.05) is 0 Å². The fourth-order valence-electron chi connectivity index (χ4n) is 1.90. The summed E-state index contributed by atoms with van der Waals surface area (Å²) in [5, 5.41) is 6.40. The van der Waals surface area contributed by atoms with Crippen molar-refractivity contribution in [3.63, 3.8) is 0 Å². The number of amides is 1. The normalized spacial score (nSPS) is 21.8. The molecule has 0 saturated carbocycles. The van der Waals surface area contributed by atoms with Crippen molar-refractivity contribution in [1.29, 1.82) is 0 Å². The van der Waals surface area contributed by atoms with E-state index in [9.17, 15) is 4.79 Å². The third-order valence-electron chi connectivity index (χ3n) is 3.59. The van der Waals surface area contributed by atoms with Crippen LogP contribution < -0.4 is 10.6 Å². The standard InChI is InChI=1S/C13H26N2O/c1-4-13(2,3)10-15-12(16)8-11-6-5-7-14-9-11/h11,14H,4-10H2,1-3H3,(H,15,16). The molecule has 0 aromatic heterocycles.